The molecule has 0 N–H and O–H groups in total. The molecule has 1 aliphatic rings. The van der Waals surface area contributed by atoms with Gasteiger partial charge in [-0.2, -0.15) is 0 Å². The summed E-state index contributed by atoms with van der Waals surface area (Å²) >= 11 is 6.03. The van der Waals surface area contributed by atoms with E-state index in [0.717, 1.165) is 18.4 Å². The first-order chi connectivity index (χ1) is 10.6. The number of likely N-dealkylation sites (tertiary alicyclic amines) is 1. The summed E-state index contributed by atoms with van der Waals surface area (Å²) in [5, 5.41) is 0.166. The molecule has 1 aliphatic heterocycles. The first-order valence-corrected chi connectivity index (χ1v) is 7.77. The number of hydrogen-bond acceptors (Lipinski definition) is 1. The van der Waals surface area contributed by atoms with Crippen molar-refractivity contribution < 1.29 is 9.18 Å². The molecule has 22 heavy (non-hydrogen) atoms. The minimum Gasteiger partial charge on any atom is -0.331 e. The van der Waals surface area contributed by atoms with Crippen molar-refractivity contribution in [2.45, 2.75) is 25.8 Å². The van der Waals surface area contributed by atoms with Gasteiger partial charge in [-0.25, -0.2) is 4.39 Å². The highest BCUT2D eigenvalue weighted by Crippen LogP contribution is 2.34. The summed E-state index contributed by atoms with van der Waals surface area (Å²) in [7, 11) is 0. The Morgan fingerprint density at radius 2 is 1.95 bits per heavy atom. The Labute approximate surface area is 134 Å². The van der Waals surface area contributed by atoms with Crippen LogP contribution in [0.5, 0.6) is 0 Å². The summed E-state index contributed by atoms with van der Waals surface area (Å²) in [6.45, 7) is 2.66. The Balaban J connectivity index is 1.93. The predicted octanol–water partition coefficient (Wildman–Crippen LogP) is 4.76. The molecule has 114 valence electrons. The Morgan fingerprint density at radius 1 is 1.23 bits per heavy atom. The van der Waals surface area contributed by atoms with Gasteiger partial charge in [-0.3, -0.25) is 4.79 Å². The molecular formula is C18H17ClFNO. The third-order valence-corrected chi connectivity index (χ3v) is 4.47. The second-order valence-corrected chi connectivity index (χ2v) is 6.07. The SMILES string of the molecule is Cc1ccc([C@H]2CCCN2C(=O)c2c(F)cccc2Cl)cc1. The molecule has 2 nitrogen and oxygen atoms in total. The van der Waals surface area contributed by atoms with Crippen LogP contribution in [0.15, 0.2) is 42.5 Å². The van der Waals surface area contributed by atoms with Crippen LogP contribution in [0, 0.1) is 12.7 Å². The molecule has 0 unspecified atom stereocenters. The Hall–Kier alpha value is -1.87. The number of carbonyl (C=O) groups is 1. The van der Waals surface area contributed by atoms with Gasteiger partial charge in [-0.15, -0.1) is 0 Å². The minimum absolute atomic E-state index is 0.0104. The lowest BCUT2D eigenvalue weighted by atomic mass is 10.0. The highest BCUT2D eigenvalue weighted by molar-refractivity contribution is 6.33. The number of carbonyl (C=O) groups excluding carboxylic acids is 1. The highest BCUT2D eigenvalue weighted by atomic mass is 35.5. The second kappa shape index (κ2) is 6.09. The average molecular weight is 318 g/mol. The predicted molar refractivity (Wildman–Crippen MR) is 85.6 cm³/mol. The van der Waals surface area contributed by atoms with Crippen LogP contribution in [0.25, 0.3) is 0 Å². The summed E-state index contributed by atoms with van der Waals surface area (Å²) in [5.74, 6) is -0.891. The maximum Gasteiger partial charge on any atom is 0.258 e. The van der Waals surface area contributed by atoms with Crippen molar-refractivity contribution in [3.05, 3.63) is 70.0 Å². The van der Waals surface area contributed by atoms with E-state index in [1.165, 1.54) is 17.7 Å². The van der Waals surface area contributed by atoms with Crippen molar-refractivity contribution >= 4 is 17.5 Å². The van der Waals surface area contributed by atoms with Crippen LogP contribution < -0.4 is 0 Å². The van der Waals surface area contributed by atoms with Crippen LogP contribution in [-0.4, -0.2) is 17.4 Å². The quantitative estimate of drug-likeness (QED) is 0.781. The maximum atomic E-state index is 14.0. The zero-order valence-electron chi connectivity index (χ0n) is 12.4. The van der Waals surface area contributed by atoms with Crippen molar-refractivity contribution in [3.8, 4) is 0 Å². The molecule has 1 amide bonds. The summed E-state index contributed by atoms with van der Waals surface area (Å²) in [6, 6.07) is 12.5. The molecule has 0 saturated carbocycles. The average Bonchev–Trinajstić information content (AvgIpc) is 2.97. The van der Waals surface area contributed by atoms with Crippen LogP contribution in [0.3, 0.4) is 0 Å². The Bertz CT molecular complexity index is 678. The van der Waals surface area contributed by atoms with E-state index in [1.54, 1.807) is 11.0 Å². The van der Waals surface area contributed by atoms with E-state index in [9.17, 15) is 9.18 Å². The van der Waals surface area contributed by atoms with Gasteiger partial charge in [0, 0.05) is 6.54 Å². The summed E-state index contributed by atoms with van der Waals surface area (Å²) in [4.78, 5) is 14.5. The number of benzene rings is 2. The third-order valence-electron chi connectivity index (χ3n) is 4.15. The zero-order chi connectivity index (χ0) is 15.7. The lowest BCUT2D eigenvalue weighted by Gasteiger charge is -2.26. The fourth-order valence-electron chi connectivity index (χ4n) is 2.99. The molecule has 1 fully saturated rings. The number of rotatable bonds is 2. The van der Waals surface area contributed by atoms with Crippen LogP contribution in [-0.2, 0) is 0 Å². The molecule has 1 atom stereocenters. The molecule has 2 aromatic rings. The molecule has 0 spiro atoms. The van der Waals surface area contributed by atoms with E-state index in [0.29, 0.717) is 6.54 Å². The van der Waals surface area contributed by atoms with Gasteiger partial charge >= 0.3 is 0 Å². The molecule has 4 heteroatoms. The highest BCUT2D eigenvalue weighted by Gasteiger charge is 2.32. The fourth-order valence-corrected chi connectivity index (χ4v) is 3.23. The summed E-state index contributed by atoms with van der Waals surface area (Å²) in [6.07, 6.45) is 1.80. The molecule has 0 radical (unpaired) electrons. The first kappa shape index (κ1) is 15.0. The molecule has 0 bridgehead atoms. The van der Waals surface area contributed by atoms with Crippen LogP contribution in [0.2, 0.25) is 5.02 Å². The molecular weight excluding hydrogens is 301 g/mol. The Kier molecular flexibility index (Phi) is 4.16. The number of aryl methyl sites for hydroxylation is 1. The van der Waals surface area contributed by atoms with E-state index >= 15 is 0 Å². The van der Waals surface area contributed by atoms with Crippen molar-refractivity contribution in [2.24, 2.45) is 0 Å². The number of nitrogens with zero attached hydrogens (tertiary/aromatic N) is 1. The standard InChI is InChI=1S/C18H17ClFNO/c1-12-7-9-13(10-8-12)16-6-3-11-21(16)18(22)17-14(19)4-2-5-15(17)20/h2,4-5,7-10,16H,3,6,11H2,1H3/t16-/m1/s1. The molecule has 0 aromatic heterocycles. The van der Waals surface area contributed by atoms with Gasteiger partial charge < -0.3 is 4.90 Å². The third kappa shape index (κ3) is 2.73. The van der Waals surface area contributed by atoms with Crippen LogP contribution in [0.1, 0.15) is 40.4 Å². The van der Waals surface area contributed by atoms with Crippen molar-refractivity contribution in [2.75, 3.05) is 6.54 Å². The molecule has 0 aliphatic carbocycles. The smallest absolute Gasteiger partial charge is 0.258 e. The van der Waals surface area contributed by atoms with Gasteiger partial charge in [0.25, 0.3) is 5.91 Å². The minimum atomic E-state index is -0.563. The van der Waals surface area contributed by atoms with Gasteiger partial charge in [0.15, 0.2) is 0 Å². The second-order valence-electron chi connectivity index (χ2n) is 5.66. The number of amides is 1. The van der Waals surface area contributed by atoms with Gasteiger partial charge in [-0.05, 0) is 37.5 Å². The fraction of sp³-hybridized carbons (Fsp3) is 0.278. The summed E-state index contributed by atoms with van der Waals surface area (Å²) < 4.78 is 14.0. The lowest BCUT2D eigenvalue weighted by molar-refractivity contribution is 0.0731. The topological polar surface area (TPSA) is 20.3 Å². The van der Waals surface area contributed by atoms with Gasteiger partial charge in [0.1, 0.15) is 5.82 Å². The first-order valence-electron chi connectivity index (χ1n) is 7.39. The zero-order valence-corrected chi connectivity index (χ0v) is 13.1. The molecule has 2 aromatic carbocycles. The van der Waals surface area contributed by atoms with Gasteiger partial charge in [-0.1, -0.05) is 47.5 Å². The van der Waals surface area contributed by atoms with E-state index in [4.69, 9.17) is 11.6 Å². The summed E-state index contributed by atoms with van der Waals surface area (Å²) in [5.41, 5.74) is 2.24. The largest absolute Gasteiger partial charge is 0.331 e. The maximum absolute atomic E-state index is 14.0. The normalized spacial score (nSPS) is 17.8. The van der Waals surface area contributed by atoms with E-state index in [1.807, 2.05) is 31.2 Å². The number of halogens is 2. The Morgan fingerprint density at radius 3 is 2.64 bits per heavy atom. The van der Waals surface area contributed by atoms with Crippen molar-refractivity contribution in [3.63, 3.8) is 0 Å². The van der Waals surface area contributed by atoms with E-state index in [2.05, 4.69) is 0 Å². The van der Waals surface area contributed by atoms with Crippen LogP contribution >= 0.6 is 11.6 Å². The van der Waals surface area contributed by atoms with Gasteiger partial charge in [0.05, 0.1) is 16.6 Å². The molecule has 3 rings (SSSR count). The number of hydrogen-bond donors (Lipinski definition) is 0. The lowest BCUT2D eigenvalue weighted by Crippen LogP contribution is -2.31. The van der Waals surface area contributed by atoms with E-state index < -0.39 is 5.82 Å². The molecule has 1 heterocycles. The van der Waals surface area contributed by atoms with Gasteiger partial charge in [0.2, 0.25) is 0 Å². The van der Waals surface area contributed by atoms with Crippen molar-refractivity contribution in [1.29, 1.82) is 0 Å². The van der Waals surface area contributed by atoms with Crippen molar-refractivity contribution in [1.82, 2.24) is 4.90 Å². The molecule has 1 saturated heterocycles. The monoisotopic (exact) mass is 317 g/mol. The van der Waals surface area contributed by atoms with Crippen LogP contribution in [0.4, 0.5) is 4.39 Å². The van der Waals surface area contributed by atoms with E-state index in [-0.39, 0.29) is 22.5 Å².